The van der Waals surface area contributed by atoms with Gasteiger partial charge in [-0.15, -0.1) is 0 Å². The van der Waals surface area contributed by atoms with Crippen LogP contribution in [0.3, 0.4) is 0 Å². The van der Waals surface area contributed by atoms with Crippen LogP contribution in [0.2, 0.25) is 10.0 Å². The fraction of sp³-hybridized carbons (Fsp3) is 0. The maximum Gasteiger partial charge on any atom is 0.363 e. The molecule has 0 aliphatic carbocycles. The monoisotopic (exact) mass is 388 g/mol. The lowest BCUT2D eigenvalue weighted by Crippen LogP contribution is -2.05. The van der Waals surface area contributed by atoms with Gasteiger partial charge in [0.05, 0.1) is 15.0 Å². The molecular weight excluding hydrogens is 379 g/mol. The standard InChI is InChI=1S/C18H10Cl2N2O4/c19-14-9-6-12(10-15(14)20)17-21-16(18(23)26-17)3-1-2-11-4-7-13(8-5-11)22(24)25/h1-10H/b2-1+,16-3-. The Morgan fingerprint density at radius 3 is 2.46 bits per heavy atom. The molecule has 0 radical (unpaired) electrons. The van der Waals surface area contributed by atoms with Gasteiger partial charge < -0.3 is 4.74 Å². The lowest BCUT2D eigenvalue weighted by molar-refractivity contribution is -0.384. The van der Waals surface area contributed by atoms with Gasteiger partial charge in [-0.1, -0.05) is 35.4 Å². The predicted molar refractivity (Wildman–Crippen MR) is 99.3 cm³/mol. The molecule has 6 nitrogen and oxygen atoms in total. The second-order valence-corrected chi connectivity index (χ2v) is 6.01. The van der Waals surface area contributed by atoms with E-state index in [1.807, 2.05) is 0 Å². The molecule has 1 aliphatic heterocycles. The van der Waals surface area contributed by atoms with Crippen molar-refractivity contribution in [2.45, 2.75) is 0 Å². The number of hydrogen-bond donors (Lipinski definition) is 0. The minimum Gasteiger partial charge on any atom is -0.402 e. The summed E-state index contributed by atoms with van der Waals surface area (Å²) in [7, 11) is 0. The first-order valence-corrected chi connectivity index (χ1v) is 8.09. The van der Waals surface area contributed by atoms with Crippen molar-refractivity contribution in [3.05, 3.63) is 91.6 Å². The molecule has 2 aromatic rings. The van der Waals surface area contributed by atoms with E-state index in [2.05, 4.69) is 4.99 Å². The minimum absolute atomic E-state index is 0.00995. The fourth-order valence-electron chi connectivity index (χ4n) is 2.13. The van der Waals surface area contributed by atoms with Crippen molar-refractivity contribution in [1.82, 2.24) is 0 Å². The number of esters is 1. The highest BCUT2D eigenvalue weighted by molar-refractivity contribution is 6.42. The Morgan fingerprint density at radius 1 is 1.08 bits per heavy atom. The number of carbonyl (C=O) groups is 1. The van der Waals surface area contributed by atoms with E-state index in [4.69, 9.17) is 27.9 Å². The van der Waals surface area contributed by atoms with Crippen molar-refractivity contribution in [2.24, 2.45) is 4.99 Å². The van der Waals surface area contributed by atoms with Crippen LogP contribution in [0.15, 0.2) is 65.3 Å². The van der Waals surface area contributed by atoms with Crippen LogP contribution < -0.4 is 0 Å². The first-order valence-electron chi connectivity index (χ1n) is 7.33. The van der Waals surface area contributed by atoms with Crippen molar-refractivity contribution >= 4 is 46.8 Å². The maximum atomic E-state index is 11.9. The summed E-state index contributed by atoms with van der Waals surface area (Å²) < 4.78 is 5.13. The van der Waals surface area contributed by atoms with Crippen molar-refractivity contribution in [2.75, 3.05) is 0 Å². The van der Waals surface area contributed by atoms with Gasteiger partial charge in [-0.05, 0) is 42.0 Å². The third-order valence-electron chi connectivity index (χ3n) is 3.43. The molecule has 0 aromatic heterocycles. The third-order valence-corrected chi connectivity index (χ3v) is 4.17. The number of nitro groups is 1. The minimum atomic E-state index is -0.584. The van der Waals surface area contributed by atoms with Crippen LogP contribution in [0, 0.1) is 10.1 Å². The molecule has 130 valence electrons. The van der Waals surface area contributed by atoms with E-state index in [9.17, 15) is 14.9 Å². The van der Waals surface area contributed by atoms with Crippen LogP contribution in [0.1, 0.15) is 11.1 Å². The van der Waals surface area contributed by atoms with E-state index < -0.39 is 10.9 Å². The predicted octanol–water partition coefficient (Wildman–Crippen LogP) is 4.80. The molecule has 1 aliphatic rings. The van der Waals surface area contributed by atoms with E-state index in [0.717, 1.165) is 5.56 Å². The molecule has 0 amide bonds. The zero-order chi connectivity index (χ0) is 18.7. The van der Waals surface area contributed by atoms with Gasteiger partial charge in [0.15, 0.2) is 5.70 Å². The van der Waals surface area contributed by atoms with E-state index in [1.54, 1.807) is 42.5 Å². The molecule has 0 N–H and O–H groups in total. The van der Waals surface area contributed by atoms with Gasteiger partial charge in [-0.25, -0.2) is 9.79 Å². The fourth-order valence-corrected chi connectivity index (χ4v) is 2.43. The molecule has 2 aromatic carbocycles. The summed E-state index contributed by atoms with van der Waals surface area (Å²) in [4.78, 5) is 26.2. The number of carbonyl (C=O) groups excluding carboxylic acids is 1. The van der Waals surface area contributed by atoms with Crippen LogP contribution in [-0.4, -0.2) is 16.8 Å². The summed E-state index contributed by atoms with van der Waals surface area (Å²) in [5.41, 5.74) is 1.42. The number of halogens is 2. The summed E-state index contributed by atoms with van der Waals surface area (Å²) in [6, 6.07) is 10.8. The Balaban J connectivity index is 1.77. The van der Waals surface area contributed by atoms with Gasteiger partial charge in [-0.3, -0.25) is 10.1 Å². The van der Waals surface area contributed by atoms with E-state index >= 15 is 0 Å². The van der Waals surface area contributed by atoms with Gasteiger partial charge in [0, 0.05) is 17.7 Å². The normalized spacial score (nSPS) is 15.4. The van der Waals surface area contributed by atoms with Crippen LogP contribution in [0.25, 0.3) is 6.08 Å². The van der Waals surface area contributed by atoms with Gasteiger partial charge in [0.25, 0.3) is 5.69 Å². The highest BCUT2D eigenvalue weighted by Gasteiger charge is 2.23. The van der Waals surface area contributed by atoms with Crippen molar-refractivity contribution in [3.8, 4) is 0 Å². The number of ether oxygens (including phenoxy) is 1. The molecular formula is C18H10Cl2N2O4. The second kappa shape index (κ2) is 7.51. The summed E-state index contributed by atoms with van der Waals surface area (Å²) in [6.45, 7) is 0. The lowest BCUT2D eigenvalue weighted by atomic mass is 10.2. The zero-order valence-corrected chi connectivity index (χ0v) is 14.6. The number of hydrogen-bond acceptors (Lipinski definition) is 5. The Bertz CT molecular complexity index is 979. The van der Waals surface area contributed by atoms with Crippen LogP contribution in [-0.2, 0) is 9.53 Å². The Kier molecular flexibility index (Phi) is 5.16. The molecule has 8 heteroatoms. The number of aliphatic imine (C=N–C) groups is 1. The molecule has 3 rings (SSSR count). The largest absolute Gasteiger partial charge is 0.402 e. The van der Waals surface area contributed by atoms with Crippen molar-refractivity contribution < 1.29 is 14.5 Å². The van der Waals surface area contributed by atoms with Crippen LogP contribution >= 0.6 is 23.2 Å². The smallest absolute Gasteiger partial charge is 0.363 e. The first-order chi connectivity index (χ1) is 12.4. The SMILES string of the molecule is O=C1OC(c2ccc(Cl)c(Cl)c2)=N/C1=C\C=C\c1ccc([N+](=O)[O-])cc1. The highest BCUT2D eigenvalue weighted by atomic mass is 35.5. The van der Waals surface area contributed by atoms with E-state index in [1.165, 1.54) is 18.2 Å². The van der Waals surface area contributed by atoms with Crippen LogP contribution in [0.5, 0.6) is 0 Å². The summed E-state index contributed by atoms with van der Waals surface area (Å²) in [5.74, 6) is -0.442. The Labute approximate surface area is 158 Å². The molecule has 0 bridgehead atoms. The average molecular weight is 389 g/mol. The quantitative estimate of drug-likeness (QED) is 0.326. The summed E-state index contributed by atoms with van der Waals surface area (Å²) in [5, 5.41) is 11.3. The summed E-state index contributed by atoms with van der Waals surface area (Å²) in [6.07, 6.45) is 4.80. The molecule has 0 atom stereocenters. The number of non-ortho nitro benzene ring substituents is 1. The Morgan fingerprint density at radius 2 is 1.81 bits per heavy atom. The second-order valence-electron chi connectivity index (χ2n) is 5.20. The van der Waals surface area contributed by atoms with Crippen molar-refractivity contribution in [1.29, 1.82) is 0 Å². The number of nitrogens with zero attached hydrogens (tertiary/aromatic N) is 2. The maximum absolute atomic E-state index is 11.9. The van der Waals surface area contributed by atoms with Gasteiger partial charge in [-0.2, -0.15) is 0 Å². The molecule has 0 saturated heterocycles. The zero-order valence-electron chi connectivity index (χ0n) is 13.1. The first kappa shape index (κ1) is 17.8. The van der Waals surface area contributed by atoms with Gasteiger partial charge >= 0.3 is 5.97 Å². The molecule has 0 unspecified atom stereocenters. The lowest BCUT2D eigenvalue weighted by Gasteiger charge is -2.01. The highest BCUT2D eigenvalue weighted by Crippen LogP contribution is 2.25. The third kappa shape index (κ3) is 3.99. The van der Waals surface area contributed by atoms with E-state index in [0.29, 0.717) is 15.6 Å². The average Bonchev–Trinajstić information content (AvgIpc) is 2.99. The van der Waals surface area contributed by atoms with Crippen molar-refractivity contribution in [3.63, 3.8) is 0 Å². The number of nitro benzene ring substituents is 1. The number of cyclic esters (lactones) is 1. The molecule has 1 heterocycles. The molecule has 0 saturated carbocycles. The summed E-state index contributed by atoms with van der Waals surface area (Å²) >= 11 is 11.8. The Hall–Kier alpha value is -2.96. The molecule has 0 spiro atoms. The number of rotatable bonds is 4. The topological polar surface area (TPSA) is 81.8 Å². The van der Waals surface area contributed by atoms with Gasteiger partial charge in [0.1, 0.15) is 0 Å². The van der Waals surface area contributed by atoms with Gasteiger partial charge in [0.2, 0.25) is 5.90 Å². The number of allylic oxidation sites excluding steroid dienone is 2. The molecule has 26 heavy (non-hydrogen) atoms. The number of benzene rings is 2. The van der Waals surface area contributed by atoms with E-state index in [-0.39, 0.29) is 17.3 Å². The molecule has 0 fully saturated rings. The van der Waals surface area contributed by atoms with Crippen LogP contribution in [0.4, 0.5) is 5.69 Å².